The lowest BCUT2D eigenvalue weighted by Gasteiger charge is -2.16. The van der Waals surface area contributed by atoms with Gasteiger partial charge in [0.2, 0.25) is 5.91 Å². The standard InChI is InChI=1S/C22H22N4O2/c1-14-15(2)24-20-12-17(8-9-19(20)23-14)22(28)25-18-6-3-5-16(11-18)13-26-10-4-7-21(26)27/h3,5-6,8-9,11-12H,4,7,10,13H2,1-2H3,(H,25,28). The van der Waals surface area contributed by atoms with Crippen LogP contribution in [0.2, 0.25) is 0 Å². The average molecular weight is 374 g/mol. The van der Waals surface area contributed by atoms with Crippen molar-refractivity contribution in [2.45, 2.75) is 33.2 Å². The fourth-order valence-electron chi connectivity index (χ4n) is 3.41. The molecular formula is C22H22N4O2. The number of fused-ring (bicyclic) bond motifs is 1. The summed E-state index contributed by atoms with van der Waals surface area (Å²) < 4.78 is 0. The highest BCUT2D eigenvalue weighted by atomic mass is 16.2. The largest absolute Gasteiger partial charge is 0.338 e. The van der Waals surface area contributed by atoms with Gasteiger partial charge in [-0.1, -0.05) is 12.1 Å². The van der Waals surface area contributed by atoms with Crippen LogP contribution in [0.15, 0.2) is 42.5 Å². The Morgan fingerprint density at radius 3 is 2.61 bits per heavy atom. The van der Waals surface area contributed by atoms with E-state index in [1.807, 2.05) is 49.1 Å². The summed E-state index contributed by atoms with van der Waals surface area (Å²) in [5.74, 6) is -0.00595. The van der Waals surface area contributed by atoms with E-state index in [0.29, 0.717) is 29.7 Å². The summed E-state index contributed by atoms with van der Waals surface area (Å²) in [6.07, 6.45) is 1.54. The van der Waals surface area contributed by atoms with Crippen molar-refractivity contribution in [3.8, 4) is 0 Å². The van der Waals surface area contributed by atoms with E-state index in [1.165, 1.54) is 0 Å². The van der Waals surface area contributed by atoms with Crippen LogP contribution in [0.3, 0.4) is 0 Å². The number of hydrogen-bond acceptors (Lipinski definition) is 4. The molecule has 142 valence electrons. The quantitative estimate of drug-likeness (QED) is 0.757. The van der Waals surface area contributed by atoms with Gasteiger partial charge in [0.15, 0.2) is 0 Å². The molecule has 0 aliphatic carbocycles. The Balaban J connectivity index is 1.51. The van der Waals surface area contributed by atoms with Crippen LogP contribution in [0.25, 0.3) is 11.0 Å². The second-order valence-corrected chi connectivity index (χ2v) is 7.17. The van der Waals surface area contributed by atoms with Crippen LogP contribution in [0.4, 0.5) is 5.69 Å². The van der Waals surface area contributed by atoms with Gasteiger partial charge in [0, 0.05) is 30.8 Å². The van der Waals surface area contributed by atoms with Gasteiger partial charge in [-0.15, -0.1) is 0 Å². The maximum atomic E-state index is 12.7. The number of aryl methyl sites for hydroxylation is 2. The molecule has 1 fully saturated rings. The first-order valence-electron chi connectivity index (χ1n) is 9.43. The van der Waals surface area contributed by atoms with Crippen LogP contribution >= 0.6 is 0 Å². The van der Waals surface area contributed by atoms with E-state index in [1.54, 1.807) is 12.1 Å². The lowest BCUT2D eigenvalue weighted by atomic mass is 10.1. The normalized spacial score (nSPS) is 13.9. The predicted molar refractivity (Wildman–Crippen MR) is 108 cm³/mol. The number of benzene rings is 2. The third kappa shape index (κ3) is 3.71. The Morgan fingerprint density at radius 1 is 1.07 bits per heavy atom. The van der Waals surface area contributed by atoms with E-state index >= 15 is 0 Å². The van der Waals surface area contributed by atoms with Gasteiger partial charge in [0.1, 0.15) is 0 Å². The molecular weight excluding hydrogens is 352 g/mol. The van der Waals surface area contributed by atoms with Gasteiger partial charge < -0.3 is 10.2 Å². The zero-order valence-corrected chi connectivity index (χ0v) is 16.0. The lowest BCUT2D eigenvalue weighted by Crippen LogP contribution is -2.23. The number of carbonyl (C=O) groups excluding carboxylic acids is 2. The Hall–Kier alpha value is -3.28. The molecule has 2 aromatic carbocycles. The molecule has 1 N–H and O–H groups in total. The molecule has 0 unspecified atom stereocenters. The van der Waals surface area contributed by atoms with Crippen molar-refractivity contribution >= 4 is 28.5 Å². The number of aromatic nitrogens is 2. The van der Waals surface area contributed by atoms with Crippen molar-refractivity contribution in [1.29, 1.82) is 0 Å². The zero-order chi connectivity index (χ0) is 19.7. The van der Waals surface area contributed by atoms with E-state index < -0.39 is 0 Å². The molecule has 3 aromatic rings. The summed E-state index contributed by atoms with van der Waals surface area (Å²) in [5.41, 5.74) is 5.47. The fourth-order valence-corrected chi connectivity index (χ4v) is 3.41. The van der Waals surface area contributed by atoms with Crippen LogP contribution in [0.1, 0.15) is 40.2 Å². The number of nitrogens with zero attached hydrogens (tertiary/aromatic N) is 3. The lowest BCUT2D eigenvalue weighted by molar-refractivity contribution is -0.128. The van der Waals surface area contributed by atoms with Gasteiger partial charge in [0.25, 0.3) is 5.91 Å². The summed E-state index contributed by atoms with van der Waals surface area (Å²) in [6, 6.07) is 13.0. The molecule has 1 saturated heterocycles. The summed E-state index contributed by atoms with van der Waals surface area (Å²) in [6.45, 7) is 5.20. The molecule has 28 heavy (non-hydrogen) atoms. The summed E-state index contributed by atoms with van der Waals surface area (Å²) in [7, 11) is 0. The monoisotopic (exact) mass is 374 g/mol. The van der Waals surface area contributed by atoms with Crippen LogP contribution in [0.5, 0.6) is 0 Å². The molecule has 0 saturated carbocycles. The first-order chi connectivity index (χ1) is 13.5. The zero-order valence-electron chi connectivity index (χ0n) is 16.0. The van der Waals surface area contributed by atoms with E-state index in [-0.39, 0.29) is 11.8 Å². The molecule has 0 atom stereocenters. The molecule has 0 bridgehead atoms. The second kappa shape index (κ2) is 7.38. The van der Waals surface area contributed by atoms with Gasteiger partial charge in [0.05, 0.1) is 22.4 Å². The molecule has 1 aromatic heterocycles. The van der Waals surface area contributed by atoms with Crippen molar-refractivity contribution in [3.63, 3.8) is 0 Å². The van der Waals surface area contributed by atoms with E-state index in [2.05, 4.69) is 15.3 Å². The van der Waals surface area contributed by atoms with E-state index in [0.717, 1.165) is 35.4 Å². The average Bonchev–Trinajstić information content (AvgIpc) is 3.07. The minimum atomic E-state index is -0.198. The fraction of sp³-hybridized carbons (Fsp3) is 0.273. The molecule has 1 aliphatic rings. The third-order valence-electron chi connectivity index (χ3n) is 5.07. The molecule has 4 rings (SSSR count). The topological polar surface area (TPSA) is 75.2 Å². The maximum Gasteiger partial charge on any atom is 0.255 e. The van der Waals surface area contributed by atoms with E-state index in [9.17, 15) is 9.59 Å². The first-order valence-corrected chi connectivity index (χ1v) is 9.43. The number of likely N-dealkylation sites (tertiary alicyclic amines) is 1. The maximum absolute atomic E-state index is 12.7. The summed E-state index contributed by atoms with van der Waals surface area (Å²) in [5, 5.41) is 2.93. The molecule has 6 heteroatoms. The van der Waals surface area contributed by atoms with Crippen molar-refractivity contribution < 1.29 is 9.59 Å². The Morgan fingerprint density at radius 2 is 1.86 bits per heavy atom. The van der Waals surface area contributed by atoms with Crippen LogP contribution in [-0.2, 0) is 11.3 Å². The van der Waals surface area contributed by atoms with Crippen molar-refractivity contribution in [2.75, 3.05) is 11.9 Å². The van der Waals surface area contributed by atoms with Crippen LogP contribution < -0.4 is 5.32 Å². The van der Waals surface area contributed by atoms with Crippen LogP contribution in [0, 0.1) is 13.8 Å². The Kier molecular flexibility index (Phi) is 4.77. The number of nitrogens with one attached hydrogen (secondary N) is 1. The highest BCUT2D eigenvalue weighted by Crippen LogP contribution is 2.19. The molecule has 6 nitrogen and oxygen atoms in total. The number of carbonyl (C=O) groups is 2. The van der Waals surface area contributed by atoms with Gasteiger partial charge in [-0.2, -0.15) is 0 Å². The number of rotatable bonds is 4. The summed E-state index contributed by atoms with van der Waals surface area (Å²) >= 11 is 0. The third-order valence-corrected chi connectivity index (χ3v) is 5.07. The van der Waals surface area contributed by atoms with Crippen molar-refractivity contribution in [2.24, 2.45) is 0 Å². The van der Waals surface area contributed by atoms with Gasteiger partial charge in [-0.25, -0.2) is 9.97 Å². The van der Waals surface area contributed by atoms with Crippen LogP contribution in [-0.4, -0.2) is 33.2 Å². The SMILES string of the molecule is Cc1nc2ccc(C(=O)Nc3cccc(CN4CCCC4=O)c3)cc2nc1C. The molecule has 1 aliphatic heterocycles. The molecule has 0 spiro atoms. The number of hydrogen-bond donors (Lipinski definition) is 1. The van der Waals surface area contributed by atoms with Gasteiger partial charge >= 0.3 is 0 Å². The predicted octanol–water partition coefficient (Wildman–Crippen LogP) is 3.62. The molecule has 0 radical (unpaired) electrons. The molecule has 2 heterocycles. The van der Waals surface area contributed by atoms with Crippen molar-refractivity contribution in [3.05, 3.63) is 65.0 Å². The summed E-state index contributed by atoms with van der Waals surface area (Å²) in [4.78, 5) is 35.4. The van der Waals surface area contributed by atoms with Crippen molar-refractivity contribution in [1.82, 2.24) is 14.9 Å². The number of anilines is 1. The Labute approximate surface area is 163 Å². The van der Waals surface area contributed by atoms with E-state index in [4.69, 9.17) is 0 Å². The first kappa shape index (κ1) is 18.1. The highest BCUT2D eigenvalue weighted by Gasteiger charge is 2.20. The van der Waals surface area contributed by atoms with Gasteiger partial charge in [-0.05, 0) is 56.2 Å². The van der Waals surface area contributed by atoms with Gasteiger partial charge in [-0.3, -0.25) is 9.59 Å². The minimum absolute atomic E-state index is 0.192. The molecule has 2 amide bonds. The second-order valence-electron chi connectivity index (χ2n) is 7.17. The highest BCUT2D eigenvalue weighted by molar-refractivity contribution is 6.05. The Bertz CT molecular complexity index is 1080. The number of amides is 2. The smallest absolute Gasteiger partial charge is 0.255 e. The minimum Gasteiger partial charge on any atom is -0.338 e.